The van der Waals surface area contributed by atoms with E-state index in [4.69, 9.17) is 14.6 Å². The highest BCUT2D eigenvalue weighted by molar-refractivity contribution is 7.89. The Balaban J connectivity index is 1.58. The largest absolute Gasteiger partial charge is 0.488 e. The van der Waals surface area contributed by atoms with Crippen LogP contribution < -0.4 is 15.2 Å². The summed E-state index contributed by atoms with van der Waals surface area (Å²) >= 11 is 0. The van der Waals surface area contributed by atoms with Crippen LogP contribution in [0.2, 0.25) is 0 Å². The van der Waals surface area contributed by atoms with Crippen molar-refractivity contribution in [2.45, 2.75) is 4.90 Å². The number of nitrogens with two attached hydrogens (primary N) is 1. The number of ether oxygens (including phenoxy) is 2. The normalized spacial score (nSPS) is 13.0. The van der Waals surface area contributed by atoms with Gasteiger partial charge in [0.05, 0.1) is 10.5 Å². The van der Waals surface area contributed by atoms with E-state index >= 15 is 0 Å². The predicted octanol–water partition coefficient (Wildman–Crippen LogP) is 1.29. The summed E-state index contributed by atoms with van der Waals surface area (Å²) in [6, 6.07) is 12.7. The quantitative estimate of drug-likeness (QED) is 0.744. The number of carbonyl (C=O) groups is 2. The molecule has 0 atom stereocenters. The third kappa shape index (κ3) is 4.72. The molecule has 9 heteroatoms. The highest BCUT2D eigenvalue weighted by Gasteiger charge is 2.19. The Kier molecular flexibility index (Phi) is 5.24. The van der Waals surface area contributed by atoms with Crippen LogP contribution in [0.1, 0.15) is 5.56 Å². The lowest BCUT2D eigenvalue weighted by atomic mass is 10.1. The van der Waals surface area contributed by atoms with Crippen molar-refractivity contribution < 1.29 is 27.5 Å². The van der Waals surface area contributed by atoms with E-state index in [1.54, 1.807) is 18.2 Å². The molecule has 0 radical (unpaired) electrons. The van der Waals surface area contributed by atoms with Crippen LogP contribution in [0.15, 0.2) is 59.0 Å². The number of hydrogen-bond donors (Lipinski definition) is 2. The van der Waals surface area contributed by atoms with E-state index in [1.807, 2.05) is 12.1 Å². The smallest absolute Gasteiger partial charge is 0.338 e. The molecular weight excluding hydrogens is 372 g/mol. The lowest BCUT2D eigenvalue weighted by Gasteiger charge is -2.16. The van der Waals surface area contributed by atoms with Crippen LogP contribution in [0.5, 0.6) is 5.75 Å². The monoisotopic (exact) mass is 388 g/mol. The molecule has 0 saturated carbocycles. The summed E-state index contributed by atoms with van der Waals surface area (Å²) in [6.07, 6.45) is 1.65. The number of para-hydroxylation sites is 1. The van der Waals surface area contributed by atoms with Crippen molar-refractivity contribution >= 4 is 33.7 Å². The molecule has 0 bridgehead atoms. The van der Waals surface area contributed by atoms with Crippen LogP contribution in [0.25, 0.3) is 6.08 Å². The zero-order valence-corrected chi connectivity index (χ0v) is 14.9. The molecule has 0 unspecified atom stereocenters. The minimum absolute atomic E-state index is 0.0495. The highest BCUT2D eigenvalue weighted by Crippen LogP contribution is 2.26. The van der Waals surface area contributed by atoms with Crippen LogP contribution in [0, 0.1) is 0 Å². The number of amides is 1. The molecule has 2 aromatic carbocycles. The van der Waals surface area contributed by atoms with Crippen LogP contribution >= 0.6 is 0 Å². The molecule has 140 valence electrons. The minimum Gasteiger partial charge on any atom is -0.488 e. The number of primary sulfonamides is 1. The maximum absolute atomic E-state index is 12.1. The Labute approximate surface area is 155 Å². The molecule has 0 aliphatic carbocycles. The second-order valence-electron chi connectivity index (χ2n) is 5.69. The average molecular weight is 388 g/mol. The lowest BCUT2D eigenvalue weighted by Crippen LogP contribution is -2.24. The summed E-state index contributed by atoms with van der Waals surface area (Å²) in [5.74, 6) is -0.618. The molecule has 0 fully saturated rings. The van der Waals surface area contributed by atoms with E-state index < -0.39 is 28.5 Å². The highest BCUT2D eigenvalue weighted by atomic mass is 32.2. The predicted molar refractivity (Wildman–Crippen MR) is 97.3 cm³/mol. The van der Waals surface area contributed by atoms with Gasteiger partial charge in [0.1, 0.15) is 12.4 Å². The van der Waals surface area contributed by atoms with Crippen molar-refractivity contribution in [2.75, 3.05) is 18.5 Å². The Bertz CT molecular complexity index is 1030. The van der Waals surface area contributed by atoms with E-state index in [-0.39, 0.29) is 22.8 Å². The molecule has 1 heterocycles. The first-order valence-electron chi connectivity index (χ1n) is 7.85. The van der Waals surface area contributed by atoms with Gasteiger partial charge in [-0.1, -0.05) is 24.3 Å². The van der Waals surface area contributed by atoms with Gasteiger partial charge in [-0.05, 0) is 30.3 Å². The van der Waals surface area contributed by atoms with Gasteiger partial charge in [-0.2, -0.15) is 0 Å². The average Bonchev–Trinajstić information content (AvgIpc) is 2.65. The number of benzene rings is 2. The summed E-state index contributed by atoms with van der Waals surface area (Å²) in [5.41, 5.74) is 1.26. The standard InChI is InChI=1S/C18H16N2O6S/c19-27(23,24)15-6-3-5-14(9-15)20-17(21)11-26-18(22)13-8-12-4-1-2-7-16(12)25-10-13/h1-9H,10-11H2,(H,20,21)(H2,19,23,24). The van der Waals surface area contributed by atoms with Crippen LogP contribution in [0.3, 0.4) is 0 Å². The summed E-state index contributed by atoms with van der Waals surface area (Å²) in [7, 11) is -3.88. The second-order valence-corrected chi connectivity index (χ2v) is 7.25. The number of hydrogen-bond acceptors (Lipinski definition) is 6. The van der Waals surface area contributed by atoms with Gasteiger partial charge in [-0.3, -0.25) is 4.79 Å². The van der Waals surface area contributed by atoms with Crippen molar-refractivity contribution in [3.8, 4) is 5.75 Å². The summed E-state index contributed by atoms with van der Waals surface area (Å²) in [4.78, 5) is 23.9. The molecule has 1 aliphatic rings. The van der Waals surface area contributed by atoms with E-state index in [2.05, 4.69) is 5.32 Å². The van der Waals surface area contributed by atoms with Crippen LogP contribution in [0.4, 0.5) is 5.69 Å². The van der Waals surface area contributed by atoms with E-state index in [1.165, 1.54) is 24.3 Å². The fourth-order valence-corrected chi connectivity index (χ4v) is 2.97. The van der Waals surface area contributed by atoms with Crippen LogP contribution in [-0.2, 0) is 24.3 Å². The number of esters is 1. The number of anilines is 1. The molecule has 1 amide bonds. The van der Waals surface area contributed by atoms with Gasteiger partial charge in [0, 0.05) is 11.3 Å². The zero-order valence-electron chi connectivity index (χ0n) is 14.0. The topological polar surface area (TPSA) is 125 Å². The van der Waals surface area contributed by atoms with Gasteiger partial charge in [-0.25, -0.2) is 18.4 Å². The molecule has 27 heavy (non-hydrogen) atoms. The summed E-state index contributed by atoms with van der Waals surface area (Å²) < 4.78 is 33.1. The molecule has 3 rings (SSSR count). The fourth-order valence-electron chi connectivity index (χ4n) is 2.41. The van der Waals surface area contributed by atoms with Crippen molar-refractivity contribution in [2.24, 2.45) is 5.14 Å². The molecule has 1 aliphatic heterocycles. The number of rotatable bonds is 5. The third-order valence-corrected chi connectivity index (χ3v) is 4.59. The molecule has 3 N–H and O–H groups in total. The number of carbonyl (C=O) groups excluding carboxylic acids is 2. The maximum Gasteiger partial charge on any atom is 0.338 e. The fraction of sp³-hybridized carbons (Fsp3) is 0.111. The van der Waals surface area contributed by atoms with Gasteiger partial charge in [-0.15, -0.1) is 0 Å². The van der Waals surface area contributed by atoms with Crippen molar-refractivity contribution in [3.63, 3.8) is 0 Å². The Hall–Kier alpha value is -3.17. The maximum atomic E-state index is 12.1. The first-order valence-corrected chi connectivity index (χ1v) is 9.40. The first-order chi connectivity index (χ1) is 12.8. The number of fused-ring (bicyclic) bond motifs is 1. The minimum atomic E-state index is -3.88. The molecule has 8 nitrogen and oxygen atoms in total. The first kappa shape index (κ1) is 18.6. The van der Waals surface area contributed by atoms with Crippen LogP contribution in [-0.4, -0.2) is 33.5 Å². The van der Waals surface area contributed by atoms with Gasteiger partial charge in [0.15, 0.2) is 6.61 Å². The van der Waals surface area contributed by atoms with E-state index in [0.717, 1.165) is 5.56 Å². The van der Waals surface area contributed by atoms with Crippen molar-refractivity contribution in [1.29, 1.82) is 0 Å². The molecular formula is C18H16N2O6S. The third-order valence-electron chi connectivity index (χ3n) is 3.67. The van der Waals surface area contributed by atoms with Gasteiger partial charge >= 0.3 is 5.97 Å². The van der Waals surface area contributed by atoms with Crippen molar-refractivity contribution in [1.82, 2.24) is 0 Å². The summed E-state index contributed by atoms with van der Waals surface area (Å²) in [5, 5.41) is 7.48. The van der Waals surface area contributed by atoms with Gasteiger partial charge in [0.25, 0.3) is 5.91 Å². The van der Waals surface area contributed by atoms with Gasteiger partial charge < -0.3 is 14.8 Å². The SMILES string of the molecule is NS(=O)(=O)c1cccc(NC(=O)COC(=O)C2=Cc3ccccc3OC2)c1. The molecule has 2 aromatic rings. The van der Waals surface area contributed by atoms with E-state index in [0.29, 0.717) is 5.75 Å². The van der Waals surface area contributed by atoms with E-state index in [9.17, 15) is 18.0 Å². The molecule has 0 aromatic heterocycles. The zero-order chi connectivity index (χ0) is 19.4. The number of sulfonamides is 1. The molecule has 0 saturated heterocycles. The Morgan fingerprint density at radius 3 is 2.70 bits per heavy atom. The van der Waals surface area contributed by atoms with Gasteiger partial charge in [0.2, 0.25) is 10.0 Å². The lowest BCUT2D eigenvalue weighted by molar-refractivity contribution is -0.143. The van der Waals surface area contributed by atoms with Crippen molar-refractivity contribution in [3.05, 3.63) is 59.7 Å². The summed E-state index contributed by atoms with van der Waals surface area (Å²) in [6.45, 7) is -0.481. The second kappa shape index (κ2) is 7.60. The Morgan fingerprint density at radius 2 is 1.93 bits per heavy atom. The Morgan fingerprint density at radius 1 is 1.15 bits per heavy atom. The number of nitrogens with one attached hydrogen (secondary N) is 1. The molecule has 0 spiro atoms.